The molecular weight excluding hydrogens is 662 g/mol. The highest BCUT2D eigenvalue weighted by Crippen LogP contribution is 2.43. The predicted octanol–water partition coefficient (Wildman–Crippen LogP) is 6.17. The van der Waals surface area contributed by atoms with Crippen LogP contribution in [-0.4, -0.2) is 64.0 Å². The number of aromatic nitrogens is 4. The highest BCUT2D eigenvalue weighted by Gasteiger charge is 2.41. The van der Waals surface area contributed by atoms with Crippen molar-refractivity contribution >= 4 is 34.6 Å². The van der Waals surface area contributed by atoms with Gasteiger partial charge in [0.15, 0.2) is 17.0 Å². The quantitative estimate of drug-likeness (QED) is 0.104. The summed E-state index contributed by atoms with van der Waals surface area (Å²) < 4.78 is 26.5. The van der Waals surface area contributed by atoms with Crippen molar-refractivity contribution in [3.63, 3.8) is 0 Å². The predicted molar refractivity (Wildman–Crippen MR) is 192 cm³/mol. The summed E-state index contributed by atoms with van der Waals surface area (Å²) in [5.74, 6) is 0.488. The van der Waals surface area contributed by atoms with E-state index in [9.17, 15) is 14.4 Å². The molecule has 2 aliphatic rings. The molecule has 12 heteroatoms. The Balaban J connectivity index is 1.16. The van der Waals surface area contributed by atoms with Crippen LogP contribution in [0, 0.1) is 5.92 Å². The Morgan fingerprint density at radius 2 is 1.50 bits per heavy atom. The maximum atomic E-state index is 13.5. The minimum Gasteiger partial charge on any atom is -0.497 e. The summed E-state index contributed by atoms with van der Waals surface area (Å²) in [6.07, 6.45) is 4.91. The minimum atomic E-state index is -0.985. The van der Waals surface area contributed by atoms with Crippen LogP contribution >= 0.6 is 0 Å². The number of amides is 2. The van der Waals surface area contributed by atoms with Crippen LogP contribution in [0.3, 0.4) is 0 Å². The van der Waals surface area contributed by atoms with E-state index >= 15 is 0 Å². The van der Waals surface area contributed by atoms with Crippen LogP contribution in [0.4, 0.5) is 5.82 Å². The zero-order valence-corrected chi connectivity index (χ0v) is 29.4. The van der Waals surface area contributed by atoms with E-state index < -0.39 is 17.7 Å². The first kappa shape index (κ1) is 35.0. The molecule has 7 rings (SSSR count). The van der Waals surface area contributed by atoms with E-state index in [0.29, 0.717) is 36.8 Å². The lowest BCUT2D eigenvalue weighted by Crippen LogP contribution is -2.46. The van der Waals surface area contributed by atoms with Gasteiger partial charge in [-0.05, 0) is 73.6 Å². The van der Waals surface area contributed by atoms with E-state index in [0.717, 1.165) is 33.1 Å². The highest BCUT2D eigenvalue weighted by molar-refractivity contribution is 6.19. The van der Waals surface area contributed by atoms with Crippen molar-refractivity contribution in [2.45, 2.75) is 63.4 Å². The summed E-state index contributed by atoms with van der Waals surface area (Å²) in [5.41, 5.74) is 2.61. The number of hydrogen-bond acceptors (Lipinski definition) is 10. The lowest BCUT2D eigenvalue weighted by molar-refractivity contribution is -0.132. The van der Waals surface area contributed by atoms with Crippen molar-refractivity contribution in [3.05, 3.63) is 108 Å². The molecule has 0 bridgehead atoms. The topological polar surface area (TPSA) is 135 Å². The molecule has 0 N–H and O–H groups in total. The Labute approximate surface area is 301 Å². The number of Topliss-reactive ketones (excluding diaryl/α,β-unsaturated/α-hetero) is 1. The number of anilines is 1. The molecule has 5 aromatic rings. The molecule has 3 atom stereocenters. The average Bonchev–Trinajstić information content (AvgIpc) is 3.83. The largest absolute Gasteiger partial charge is 0.497 e. The zero-order chi connectivity index (χ0) is 36.2. The van der Waals surface area contributed by atoms with Crippen LogP contribution in [0.1, 0.15) is 68.4 Å². The molecular formula is C40H41N5O7. The molecule has 268 valence electrons. The lowest BCUT2D eigenvalue weighted by Gasteiger charge is -2.37. The molecule has 2 aromatic heterocycles. The van der Waals surface area contributed by atoms with Crippen molar-refractivity contribution in [1.82, 2.24) is 19.5 Å². The monoisotopic (exact) mass is 703 g/mol. The summed E-state index contributed by atoms with van der Waals surface area (Å²) in [6, 6.07) is 25.9. The van der Waals surface area contributed by atoms with Gasteiger partial charge < -0.3 is 23.7 Å². The molecule has 2 amide bonds. The Morgan fingerprint density at radius 3 is 2.13 bits per heavy atom. The molecule has 4 heterocycles. The lowest BCUT2D eigenvalue weighted by atomic mass is 9.80. The highest BCUT2D eigenvalue weighted by atomic mass is 16.6. The van der Waals surface area contributed by atoms with E-state index in [1.54, 1.807) is 20.5 Å². The fraction of sp³-hybridized carbons (Fsp3) is 0.350. The van der Waals surface area contributed by atoms with Crippen molar-refractivity contribution in [2.24, 2.45) is 5.92 Å². The minimum absolute atomic E-state index is 0.00640. The van der Waals surface area contributed by atoms with E-state index in [1.165, 1.54) is 13.3 Å². The molecule has 52 heavy (non-hydrogen) atoms. The molecule has 2 fully saturated rings. The third-order valence-corrected chi connectivity index (χ3v) is 9.98. The van der Waals surface area contributed by atoms with Gasteiger partial charge in [0.05, 0.1) is 33.3 Å². The number of ketones is 1. The van der Waals surface area contributed by atoms with E-state index in [1.807, 2.05) is 71.3 Å². The van der Waals surface area contributed by atoms with Crippen molar-refractivity contribution in [2.75, 3.05) is 25.7 Å². The molecule has 12 nitrogen and oxygen atoms in total. The van der Waals surface area contributed by atoms with Crippen LogP contribution in [0.2, 0.25) is 0 Å². The van der Waals surface area contributed by atoms with Gasteiger partial charge in [0.1, 0.15) is 35.4 Å². The number of methoxy groups -OCH3 is 2. The van der Waals surface area contributed by atoms with Crippen LogP contribution in [-0.2, 0) is 29.5 Å². The van der Waals surface area contributed by atoms with Gasteiger partial charge in [0.25, 0.3) is 0 Å². The number of hydrogen-bond donors (Lipinski definition) is 0. The normalized spacial score (nSPS) is 19.3. The number of imidazole rings is 1. The fourth-order valence-corrected chi connectivity index (χ4v) is 7.23. The zero-order valence-electron chi connectivity index (χ0n) is 29.4. The van der Waals surface area contributed by atoms with Crippen LogP contribution < -0.4 is 14.4 Å². The second-order valence-electron chi connectivity index (χ2n) is 13.2. The van der Waals surface area contributed by atoms with E-state index in [4.69, 9.17) is 18.9 Å². The molecule has 1 unspecified atom stereocenters. The second-order valence-corrected chi connectivity index (χ2v) is 13.2. The molecule has 0 aliphatic carbocycles. The number of fused-ring (bicyclic) bond motifs is 1. The Bertz CT molecular complexity index is 2000. The number of benzene rings is 3. The molecule has 0 saturated carbocycles. The van der Waals surface area contributed by atoms with Gasteiger partial charge in [0, 0.05) is 18.8 Å². The third kappa shape index (κ3) is 6.67. The van der Waals surface area contributed by atoms with Gasteiger partial charge in [0.2, 0.25) is 11.8 Å². The maximum absolute atomic E-state index is 13.5. The van der Waals surface area contributed by atoms with Gasteiger partial charge in [-0.2, -0.15) is 0 Å². The van der Waals surface area contributed by atoms with Gasteiger partial charge in [-0.25, -0.2) is 19.9 Å². The fourth-order valence-electron chi connectivity index (χ4n) is 7.23. The van der Waals surface area contributed by atoms with E-state index in [-0.39, 0.29) is 49.0 Å². The van der Waals surface area contributed by atoms with Crippen LogP contribution in [0.5, 0.6) is 11.5 Å². The number of ether oxygens (including phenoxy) is 4. The van der Waals surface area contributed by atoms with Crippen LogP contribution in [0.15, 0.2) is 91.5 Å². The molecule has 2 aliphatic heterocycles. The molecule has 2 saturated heterocycles. The summed E-state index contributed by atoms with van der Waals surface area (Å²) >= 11 is 0. The molecule has 0 spiro atoms. The summed E-state index contributed by atoms with van der Waals surface area (Å²) in [5, 5.41) is 0. The number of nitrogens with zero attached hydrogens (tertiary/aromatic N) is 5. The third-order valence-electron chi connectivity index (χ3n) is 9.98. The van der Waals surface area contributed by atoms with Gasteiger partial charge >= 0.3 is 0 Å². The van der Waals surface area contributed by atoms with Gasteiger partial charge in [-0.1, -0.05) is 54.6 Å². The number of carbonyl (C=O) groups is 3. The first-order chi connectivity index (χ1) is 25.3. The SMILES string of the molecule is COc1ccc(C(OC[C@@H]2CC[C@H](n3cnc4c(N5C(=O)CCC(CCC(C)=O)C5=O)ncnc43)O2)(c2ccccc2)c2ccc(OC)cc2)cc1. The molecule has 0 radical (unpaired) electrons. The Hall–Kier alpha value is -5.46. The Kier molecular flexibility index (Phi) is 10.1. The second kappa shape index (κ2) is 15.0. The van der Waals surface area contributed by atoms with Crippen LogP contribution in [0.25, 0.3) is 11.2 Å². The van der Waals surface area contributed by atoms with Gasteiger partial charge in [-0.15, -0.1) is 0 Å². The number of imide groups is 1. The molecule has 3 aromatic carbocycles. The number of rotatable bonds is 13. The first-order valence-electron chi connectivity index (χ1n) is 17.5. The first-order valence-corrected chi connectivity index (χ1v) is 17.5. The van der Waals surface area contributed by atoms with Gasteiger partial charge in [-0.3, -0.25) is 14.2 Å². The smallest absolute Gasteiger partial charge is 0.238 e. The number of piperidine rings is 1. The Morgan fingerprint density at radius 1 is 0.846 bits per heavy atom. The number of carbonyl (C=O) groups excluding carboxylic acids is 3. The summed E-state index contributed by atoms with van der Waals surface area (Å²) in [7, 11) is 3.29. The summed E-state index contributed by atoms with van der Waals surface area (Å²) in [6.45, 7) is 1.77. The standard InChI is InChI=1S/C40H41N5O7/c1-26(46)9-10-27-11-21-34(47)45(39(27)48)38-36-37(41-24-42-38)44(25-43-36)35-22-20-33(52-35)23-51-40(28-7-5-4-6-8-28,29-12-16-31(49-2)17-13-29)30-14-18-32(50-3)19-15-30/h4-8,12-19,24-25,27,33,35H,9-11,20-23H2,1-3H3/t27?,33-,35+/m0/s1. The van der Waals surface area contributed by atoms with Crippen molar-refractivity contribution in [1.29, 1.82) is 0 Å². The van der Waals surface area contributed by atoms with Crippen molar-refractivity contribution < 1.29 is 33.3 Å². The summed E-state index contributed by atoms with van der Waals surface area (Å²) in [4.78, 5) is 52.6. The maximum Gasteiger partial charge on any atom is 0.238 e. The van der Waals surface area contributed by atoms with E-state index in [2.05, 4.69) is 27.1 Å². The van der Waals surface area contributed by atoms with Crippen molar-refractivity contribution in [3.8, 4) is 11.5 Å². The average molecular weight is 704 g/mol.